The van der Waals surface area contributed by atoms with Crippen molar-refractivity contribution in [1.82, 2.24) is 20.9 Å². The molecule has 2 rings (SSSR count). The highest BCUT2D eigenvalue weighted by molar-refractivity contribution is 5.91. The smallest absolute Gasteiger partial charge is 0.287 e. The standard InChI is InChI=1S/C16H25N5O3/c1-2-17-16(20-12-14(22)21-9-3-4-10-21)19-8-7-18-15(23)13-6-5-11-24-13/h5-6,11H,2-4,7-10,12H2,1H3,(H,18,23)(H2,17,19,20). The summed E-state index contributed by atoms with van der Waals surface area (Å²) < 4.78 is 5.01. The van der Waals surface area contributed by atoms with Gasteiger partial charge in [0.15, 0.2) is 11.7 Å². The first kappa shape index (κ1) is 17.8. The number of furan rings is 1. The molecule has 1 aliphatic rings. The second kappa shape index (κ2) is 9.59. The molecule has 0 radical (unpaired) electrons. The van der Waals surface area contributed by atoms with Gasteiger partial charge in [-0.1, -0.05) is 0 Å². The summed E-state index contributed by atoms with van der Waals surface area (Å²) in [4.78, 5) is 29.9. The van der Waals surface area contributed by atoms with Crippen LogP contribution in [0.2, 0.25) is 0 Å². The number of guanidine groups is 1. The van der Waals surface area contributed by atoms with Crippen LogP contribution in [0.25, 0.3) is 0 Å². The number of hydrogen-bond acceptors (Lipinski definition) is 4. The Balaban J connectivity index is 1.70. The normalized spacial score (nSPS) is 14.5. The summed E-state index contributed by atoms with van der Waals surface area (Å²) >= 11 is 0. The third kappa shape index (κ3) is 5.60. The summed E-state index contributed by atoms with van der Waals surface area (Å²) in [6, 6.07) is 3.28. The molecule has 1 fully saturated rings. The monoisotopic (exact) mass is 335 g/mol. The third-order valence-corrected chi connectivity index (χ3v) is 3.62. The van der Waals surface area contributed by atoms with Gasteiger partial charge in [-0.25, -0.2) is 4.99 Å². The first-order valence-electron chi connectivity index (χ1n) is 8.32. The van der Waals surface area contributed by atoms with Crippen molar-refractivity contribution in [2.45, 2.75) is 19.8 Å². The fraction of sp³-hybridized carbons (Fsp3) is 0.562. The summed E-state index contributed by atoms with van der Waals surface area (Å²) in [5, 5.41) is 8.91. The van der Waals surface area contributed by atoms with Crippen molar-refractivity contribution in [2.24, 2.45) is 4.99 Å². The molecule has 132 valence electrons. The molecule has 1 aromatic rings. The molecule has 0 bridgehead atoms. The Hall–Kier alpha value is -2.51. The average molecular weight is 335 g/mol. The van der Waals surface area contributed by atoms with E-state index in [0.29, 0.717) is 25.6 Å². The van der Waals surface area contributed by atoms with E-state index in [9.17, 15) is 9.59 Å². The number of likely N-dealkylation sites (tertiary alicyclic amines) is 1. The molecular formula is C16H25N5O3. The molecule has 0 aromatic carbocycles. The molecule has 1 aromatic heterocycles. The lowest BCUT2D eigenvalue weighted by molar-refractivity contribution is -0.128. The van der Waals surface area contributed by atoms with E-state index in [0.717, 1.165) is 25.9 Å². The van der Waals surface area contributed by atoms with Crippen LogP contribution < -0.4 is 16.0 Å². The molecule has 8 heteroatoms. The van der Waals surface area contributed by atoms with Crippen LogP contribution in [0.4, 0.5) is 0 Å². The van der Waals surface area contributed by atoms with Crippen molar-refractivity contribution in [2.75, 3.05) is 39.3 Å². The summed E-state index contributed by atoms with van der Waals surface area (Å²) in [5.41, 5.74) is 0. The van der Waals surface area contributed by atoms with E-state index in [1.807, 2.05) is 11.8 Å². The molecule has 1 aliphatic heterocycles. The molecule has 0 spiro atoms. The Kier molecular flexibility index (Phi) is 7.13. The van der Waals surface area contributed by atoms with Crippen molar-refractivity contribution in [1.29, 1.82) is 0 Å². The Bertz CT molecular complexity index is 550. The van der Waals surface area contributed by atoms with Gasteiger partial charge in [0.1, 0.15) is 6.54 Å². The quantitative estimate of drug-likeness (QED) is 0.375. The minimum absolute atomic E-state index is 0.0517. The molecular weight excluding hydrogens is 310 g/mol. The molecule has 24 heavy (non-hydrogen) atoms. The van der Waals surface area contributed by atoms with E-state index in [4.69, 9.17) is 4.42 Å². The van der Waals surface area contributed by atoms with E-state index >= 15 is 0 Å². The molecule has 0 unspecified atom stereocenters. The van der Waals surface area contributed by atoms with Gasteiger partial charge < -0.3 is 25.3 Å². The van der Waals surface area contributed by atoms with Crippen LogP contribution in [0.3, 0.4) is 0 Å². The van der Waals surface area contributed by atoms with Gasteiger partial charge in [0.25, 0.3) is 5.91 Å². The van der Waals surface area contributed by atoms with Crippen molar-refractivity contribution >= 4 is 17.8 Å². The SMILES string of the molecule is CCNC(=NCC(=O)N1CCCC1)NCCNC(=O)c1ccco1. The lowest BCUT2D eigenvalue weighted by Gasteiger charge is -2.15. The minimum atomic E-state index is -0.257. The Labute approximate surface area is 141 Å². The lowest BCUT2D eigenvalue weighted by Crippen LogP contribution is -2.42. The fourth-order valence-corrected chi connectivity index (χ4v) is 2.41. The number of nitrogens with zero attached hydrogens (tertiary/aromatic N) is 2. The van der Waals surface area contributed by atoms with E-state index in [1.54, 1.807) is 12.1 Å². The lowest BCUT2D eigenvalue weighted by atomic mass is 10.4. The predicted molar refractivity (Wildman–Crippen MR) is 90.8 cm³/mol. The van der Waals surface area contributed by atoms with Gasteiger partial charge in [0, 0.05) is 32.7 Å². The topological polar surface area (TPSA) is 99.0 Å². The Morgan fingerprint density at radius 3 is 2.62 bits per heavy atom. The van der Waals surface area contributed by atoms with Crippen molar-refractivity contribution in [3.63, 3.8) is 0 Å². The number of amides is 2. The first-order chi connectivity index (χ1) is 11.7. The summed E-state index contributed by atoms with van der Waals surface area (Å²) in [6.07, 6.45) is 3.60. The molecule has 1 saturated heterocycles. The molecule has 0 aliphatic carbocycles. The predicted octanol–water partition coefficient (Wildman–Crippen LogP) is 0.187. The van der Waals surface area contributed by atoms with Crippen LogP contribution in [0.1, 0.15) is 30.3 Å². The molecule has 2 amide bonds. The summed E-state index contributed by atoms with van der Waals surface area (Å²) in [7, 11) is 0. The molecule has 8 nitrogen and oxygen atoms in total. The highest BCUT2D eigenvalue weighted by atomic mass is 16.3. The maximum atomic E-state index is 12.0. The third-order valence-electron chi connectivity index (χ3n) is 3.62. The zero-order chi connectivity index (χ0) is 17.2. The van der Waals surface area contributed by atoms with Crippen LogP contribution in [-0.4, -0.2) is 61.9 Å². The van der Waals surface area contributed by atoms with Crippen LogP contribution in [0.15, 0.2) is 27.8 Å². The molecule has 0 atom stereocenters. The van der Waals surface area contributed by atoms with E-state index < -0.39 is 0 Å². The Morgan fingerprint density at radius 1 is 1.21 bits per heavy atom. The van der Waals surface area contributed by atoms with E-state index in [-0.39, 0.29) is 24.1 Å². The summed E-state index contributed by atoms with van der Waals surface area (Å²) in [6.45, 7) is 5.36. The van der Waals surface area contributed by atoms with Gasteiger partial charge in [-0.05, 0) is 31.9 Å². The van der Waals surface area contributed by atoms with Gasteiger partial charge >= 0.3 is 0 Å². The zero-order valence-corrected chi connectivity index (χ0v) is 14.0. The van der Waals surface area contributed by atoms with Crippen LogP contribution in [0, 0.1) is 0 Å². The van der Waals surface area contributed by atoms with Crippen molar-refractivity contribution in [3.05, 3.63) is 24.2 Å². The van der Waals surface area contributed by atoms with Crippen LogP contribution in [-0.2, 0) is 4.79 Å². The van der Waals surface area contributed by atoms with Crippen LogP contribution in [0.5, 0.6) is 0 Å². The minimum Gasteiger partial charge on any atom is -0.459 e. The number of carbonyl (C=O) groups is 2. The van der Waals surface area contributed by atoms with Crippen LogP contribution >= 0.6 is 0 Å². The number of rotatable bonds is 7. The number of nitrogens with one attached hydrogen (secondary N) is 3. The molecule has 0 saturated carbocycles. The molecule has 3 N–H and O–H groups in total. The maximum absolute atomic E-state index is 12.0. The second-order valence-electron chi connectivity index (χ2n) is 5.44. The first-order valence-corrected chi connectivity index (χ1v) is 8.32. The van der Waals surface area contributed by atoms with E-state index in [1.165, 1.54) is 6.26 Å². The van der Waals surface area contributed by atoms with Gasteiger partial charge in [-0.15, -0.1) is 0 Å². The zero-order valence-electron chi connectivity index (χ0n) is 14.0. The largest absolute Gasteiger partial charge is 0.459 e. The van der Waals surface area contributed by atoms with E-state index in [2.05, 4.69) is 20.9 Å². The molecule has 2 heterocycles. The number of carbonyl (C=O) groups excluding carboxylic acids is 2. The van der Waals surface area contributed by atoms with Gasteiger partial charge in [-0.3, -0.25) is 9.59 Å². The number of hydrogen-bond donors (Lipinski definition) is 3. The van der Waals surface area contributed by atoms with Gasteiger partial charge in [-0.2, -0.15) is 0 Å². The maximum Gasteiger partial charge on any atom is 0.287 e. The second-order valence-corrected chi connectivity index (χ2v) is 5.44. The van der Waals surface area contributed by atoms with Gasteiger partial charge in [0.05, 0.1) is 6.26 Å². The number of aliphatic imine (C=N–C) groups is 1. The van der Waals surface area contributed by atoms with Crippen molar-refractivity contribution in [3.8, 4) is 0 Å². The fourth-order valence-electron chi connectivity index (χ4n) is 2.41. The Morgan fingerprint density at radius 2 is 1.96 bits per heavy atom. The average Bonchev–Trinajstić information content (AvgIpc) is 3.29. The summed E-state index contributed by atoms with van der Waals surface area (Å²) in [5.74, 6) is 0.646. The van der Waals surface area contributed by atoms with Gasteiger partial charge in [0.2, 0.25) is 5.91 Å². The highest BCUT2D eigenvalue weighted by Gasteiger charge is 2.17. The van der Waals surface area contributed by atoms with Crippen molar-refractivity contribution < 1.29 is 14.0 Å². The highest BCUT2D eigenvalue weighted by Crippen LogP contribution is 2.07.